The molecular weight excluding hydrogens is 420 g/mol. The van der Waals surface area contributed by atoms with Gasteiger partial charge in [-0.2, -0.15) is 12.6 Å². The van der Waals surface area contributed by atoms with E-state index in [9.17, 15) is 4.79 Å². The van der Waals surface area contributed by atoms with Gasteiger partial charge in [-0.1, -0.05) is 26.2 Å². The maximum absolute atomic E-state index is 9.55. The van der Waals surface area contributed by atoms with Crippen molar-refractivity contribution in [2.45, 2.75) is 39.0 Å². The minimum absolute atomic E-state index is 0.156. The summed E-state index contributed by atoms with van der Waals surface area (Å²) >= 11 is 3.68. The van der Waals surface area contributed by atoms with Gasteiger partial charge < -0.3 is 45.6 Å². The molecule has 0 aliphatic carbocycles. The average molecular weight is 463 g/mol. The normalized spacial score (nSPS) is 11.2. The van der Waals surface area contributed by atoms with Crippen molar-refractivity contribution < 1.29 is 50.4 Å². The zero-order valence-electron chi connectivity index (χ0n) is 17.9. The Morgan fingerprint density at radius 1 is 0.767 bits per heavy atom. The minimum atomic E-state index is -1.11. The lowest BCUT2D eigenvalue weighted by Gasteiger charge is -2.26. The Labute approximate surface area is 184 Å². The van der Waals surface area contributed by atoms with Crippen LogP contribution in [0, 0.1) is 10.8 Å². The molecule has 0 rings (SSSR count). The van der Waals surface area contributed by atoms with E-state index in [-0.39, 0.29) is 32.8 Å². The first-order chi connectivity index (χ1) is 14.3. The summed E-state index contributed by atoms with van der Waals surface area (Å²) in [7, 11) is 0. The number of hydrogen-bond acceptors (Lipinski definition) is 10. The summed E-state index contributed by atoms with van der Waals surface area (Å²) in [5.74, 6) is -0.361. The summed E-state index contributed by atoms with van der Waals surface area (Å²) in [6.07, 6.45) is 4.68. The molecule has 0 spiro atoms. The van der Waals surface area contributed by atoms with Crippen LogP contribution in [-0.2, 0) is 9.53 Å². The largest absolute Gasteiger partial charge is 0.481 e. The summed E-state index contributed by atoms with van der Waals surface area (Å²) in [5.41, 5.74) is -2.00. The number of carbonyl (C=O) groups is 1. The van der Waals surface area contributed by atoms with E-state index in [1.165, 1.54) is 12.8 Å². The predicted octanol–water partition coefficient (Wildman–Crippen LogP) is -1.12. The van der Waals surface area contributed by atoms with Gasteiger partial charge in [-0.05, 0) is 6.42 Å². The molecule has 30 heavy (non-hydrogen) atoms. The van der Waals surface area contributed by atoms with Crippen LogP contribution in [0.4, 0.5) is 0 Å². The third-order valence-corrected chi connectivity index (χ3v) is 4.45. The highest BCUT2D eigenvalue weighted by Gasteiger charge is 2.28. The number of thiol groups is 1. The second kappa shape index (κ2) is 23.2. The molecule has 0 fully saturated rings. The number of hydrogen-bond donors (Lipinski definition) is 9. The molecule has 8 N–H and O–H groups in total. The van der Waals surface area contributed by atoms with E-state index in [1.807, 2.05) is 0 Å². The molecule has 0 aliphatic heterocycles. The second-order valence-electron chi connectivity index (χ2n) is 7.09. The maximum atomic E-state index is 9.55. The van der Waals surface area contributed by atoms with Gasteiger partial charge in [0.1, 0.15) is 0 Å². The number of rotatable bonds is 16. The van der Waals surface area contributed by atoms with Crippen molar-refractivity contribution in [2.24, 2.45) is 10.8 Å². The second-order valence-corrected chi connectivity index (χ2v) is 7.53. The van der Waals surface area contributed by atoms with E-state index in [0.29, 0.717) is 12.4 Å². The maximum Gasteiger partial charge on any atom is 0.304 e. The van der Waals surface area contributed by atoms with Crippen LogP contribution in [0.15, 0.2) is 0 Å². The highest BCUT2D eigenvalue weighted by molar-refractivity contribution is 7.80. The van der Waals surface area contributed by atoms with Crippen LogP contribution in [0.5, 0.6) is 0 Å². The van der Waals surface area contributed by atoms with Crippen molar-refractivity contribution in [2.75, 3.05) is 65.2 Å². The lowest BCUT2D eigenvalue weighted by atomic mass is 9.93. The number of aliphatic hydroxyl groups excluding tert-OH is 7. The van der Waals surface area contributed by atoms with Crippen molar-refractivity contribution in [1.29, 1.82) is 0 Å². The van der Waals surface area contributed by atoms with Crippen LogP contribution in [0.2, 0.25) is 0 Å². The van der Waals surface area contributed by atoms with Crippen molar-refractivity contribution in [3.63, 3.8) is 0 Å². The summed E-state index contributed by atoms with van der Waals surface area (Å²) in [6.45, 7) is 0.596. The molecule has 0 unspecified atom stereocenters. The zero-order chi connectivity index (χ0) is 23.9. The van der Waals surface area contributed by atoms with E-state index in [2.05, 4.69) is 19.6 Å². The van der Waals surface area contributed by atoms with Gasteiger partial charge in [-0.15, -0.1) is 0 Å². The van der Waals surface area contributed by atoms with E-state index in [0.717, 1.165) is 12.8 Å². The van der Waals surface area contributed by atoms with Gasteiger partial charge >= 0.3 is 5.97 Å². The average Bonchev–Trinajstić information content (AvgIpc) is 2.77. The quantitative estimate of drug-likeness (QED) is 0.100. The molecule has 10 nitrogen and oxygen atoms in total. The number of aliphatic carboxylic acids is 1. The van der Waals surface area contributed by atoms with Crippen LogP contribution in [0.3, 0.4) is 0 Å². The first kappa shape index (κ1) is 34.1. The van der Waals surface area contributed by atoms with Crippen LogP contribution in [0.1, 0.15) is 39.0 Å². The molecule has 0 saturated heterocycles. The van der Waals surface area contributed by atoms with E-state index < -0.39 is 43.2 Å². The van der Waals surface area contributed by atoms with Gasteiger partial charge in [0.2, 0.25) is 0 Å². The molecule has 0 bridgehead atoms. The van der Waals surface area contributed by atoms with Gasteiger partial charge in [0.05, 0.1) is 70.1 Å². The van der Waals surface area contributed by atoms with Crippen LogP contribution < -0.4 is 0 Å². The Morgan fingerprint density at radius 3 is 1.43 bits per heavy atom. The molecule has 0 saturated carbocycles. The van der Waals surface area contributed by atoms with Crippen molar-refractivity contribution in [1.82, 2.24) is 0 Å². The van der Waals surface area contributed by atoms with Gasteiger partial charge in [-0.25, -0.2) is 0 Å². The van der Waals surface area contributed by atoms with Crippen molar-refractivity contribution in [3.8, 4) is 0 Å². The van der Waals surface area contributed by atoms with E-state index >= 15 is 0 Å². The molecule has 0 atom stereocenters. The fourth-order valence-electron chi connectivity index (χ4n) is 1.60. The van der Waals surface area contributed by atoms with Crippen molar-refractivity contribution >= 4 is 18.6 Å². The third-order valence-electron chi connectivity index (χ3n) is 4.22. The molecule has 0 radical (unpaired) electrons. The Hall–Kier alpha value is -0.500. The Morgan fingerprint density at radius 2 is 1.20 bits per heavy atom. The Balaban J connectivity index is -0.000000411. The first-order valence-corrected chi connectivity index (χ1v) is 10.6. The number of carboxylic acids is 1. The SMILES string of the molecule is CCCCCCOCC(CO)(CO)CO.O=C(O)CCS.OCC(CO)(CO)CO. The molecule has 0 amide bonds. The first-order valence-electron chi connectivity index (χ1n) is 9.92. The topological polar surface area (TPSA) is 188 Å². The van der Waals surface area contributed by atoms with Gasteiger partial charge in [0.25, 0.3) is 0 Å². The van der Waals surface area contributed by atoms with Gasteiger partial charge in [0.15, 0.2) is 0 Å². The zero-order valence-corrected chi connectivity index (χ0v) is 18.8. The molecule has 0 aliphatic rings. The fourth-order valence-corrected chi connectivity index (χ4v) is 1.79. The van der Waals surface area contributed by atoms with Crippen LogP contribution >= 0.6 is 12.6 Å². The number of unbranched alkanes of at least 4 members (excludes halogenated alkanes) is 3. The van der Waals surface area contributed by atoms with Crippen molar-refractivity contribution in [3.05, 3.63) is 0 Å². The standard InChI is InChI=1S/C11H24O4.C5H12O4.C3H6O2S/c1-2-3-4-5-6-15-10-11(7-12,8-13)9-14;6-1-5(2-7,3-8)4-9;4-3(5)1-2-6/h12-14H,2-10H2,1H3;6-9H,1-4H2;6H,1-2H2,(H,4,5). The summed E-state index contributed by atoms with van der Waals surface area (Å²) in [6, 6.07) is 0. The summed E-state index contributed by atoms with van der Waals surface area (Å²) in [4.78, 5) is 9.55. The van der Waals surface area contributed by atoms with Crippen LogP contribution in [0.25, 0.3) is 0 Å². The molecule has 184 valence electrons. The Bertz CT molecular complexity index is 337. The van der Waals surface area contributed by atoms with E-state index in [1.54, 1.807) is 0 Å². The Kier molecular flexibility index (Phi) is 26.4. The lowest BCUT2D eigenvalue weighted by molar-refractivity contribution is -0.136. The molecular formula is C19H42O10S. The number of carboxylic acid groups (broad SMARTS) is 1. The number of ether oxygens (including phenoxy) is 1. The lowest BCUT2D eigenvalue weighted by Crippen LogP contribution is -2.38. The molecule has 11 heteroatoms. The van der Waals surface area contributed by atoms with E-state index in [4.69, 9.17) is 45.6 Å². The minimum Gasteiger partial charge on any atom is -0.481 e. The molecule has 0 heterocycles. The van der Waals surface area contributed by atoms with Gasteiger partial charge in [-0.3, -0.25) is 4.79 Å². The smallest absolute Gasteiger partial charge is 0.304 e. The number of aliphatic hydroxyl groups is 7. The fraction of sp³-hybridized carbons (Fsp3) is 0.947. The summed E-state index contributed by atoms with van der Waals surface area (Å²) in [5, 5.41) is 68.9. The molecule has 0 aromatic carbocycles. The molecule has 0 aromatic rings. The van der Waals surface area contributed by atoms with Gasteiger partial charge in [0, 0.05) is 12.4 Å². The highest BCUT2D eigenvalue weighted by atomic mass is 32.1. The monoisotopic (exact) mass is 462 g/mol. The third kappa shape index (κ3) is 18.3. The predicted molar refractivity (Wildman–Crippen MR) is 116 cm³/mol. The highest BCUT2D eigenvalue weighted by Crippen LogP contribution is 2.15. The van der Waals surface area contributed by atoms with Crippen LogP contribution in [-0.4, -0.2) is 112 Å². The summed E-state index contributed by atoms with van der Waals surface area (Å²) < 4.78 is 5.34. The molecule has 0 aromatic heterocycles.